The number of benzene rings is 1. The van der Waals surface area contributed by atoms with E-state index in [-0.39, 0.29) is 0 Å². The number of aromatic nitrogens is 2. The van der Waals surface area contributed by atoms with Crippen LogP contribution >= 0.6 is 27.3 Å². The average molecular weight is 346 g/mol. The number of nitrogens with zero attached hydrogens (tertiary/aromatic N) is 3. The third-order valence-electron chi connectivity index (χ3n) is 2.73. The monoisotopic (exact) mass is 345 g/mol. The average Bonchev–Trinajstić information content (AvgIpc) is 3.08. The SMILES string of the molecule is N#CCc1ccccc1-c1nc(-c2cc(Br)cs2)no1. The molecule has 0 atom stereocenters. The summed E-state index contributed by atoms with van der Waals surface area (Å²) in [5.74, 6) is 0.998. The molecule has 1 aromatic carbocycles. The Bertz CT molecular complexity index is 788. The predicted molar refractivity (Wildman–Crippen MR) is 80.1 cm³/mol. The molecule has 0 aliphatic rings. The molecular weight excluding hydrogens is 338 g/mol. The minimum absolute atomic E-state index is 0.318. The molecule has 0 fully saturated rings. The summed E-state index contributed by atoms with van der Waals surface area (Å²) >= 11 is 4.94. The molecule has 0 unspecified atom stereocenters. The van der Waals surface area contributed by atoms with Gasteiger partial charge in [0.2, 0.25) is 5.82 Å². The third kappa shape index (κ3) is 2.50. The second-order valence-corrected chi connectivity index (χ2v) is 5.87. The quantitative estimate of drug-likeness (QED) is 0.710. The first-order chi connectivity index (χ1) is 9.78. The van der Waals surface area contributed by atoms with Crippen LogP contribution in [-0.2, 0) is 6.42 Å². The van der Waals surface area contributed by atoms with E-state index in [4.69, 9.17) is 9.78 Å². The van der Waals surface area contributed by atoms with Crippen LogP contribution in [-0.4, -0.2) is 10.1 Å². The highest BCUT2D eigenvalue weighted by molar-refractivity contribution is 9.10. The van der Waals surface area contributed by atoms with Crippen LogP contribution in [0.5, 0.6) is 0 Å². The van der Waals surface area contributed by atoms with Crippen molar-refractivity contribution in [3.63, 3.8) is 0 Å². The van der Waals surface area contributed by atoms with Gasteiger partial charge in [0.1, 0.15) is 0 Å². The first-order valence-corrected chi connectivity index (χ1v) is 7.48. The van der Waals surface area contributed by atoms with Gasteiger partial charge in [-0.1, -0.05) is 23.4 Å². The molecule has 0 saturated heterocycles. The van der Waals surface area contributed by atoms with Crippen LogP contribution in [0.2, 0.25) is 0 Å². The lowest BCUT2D eigenvalue weighted by Crippen LogP contribution is -1.88. The molecule has 0 amide bonds. The van der Waals surface area contributed by atoms with Gasteiger partial charge in [0.05, 0.1) is 17.4 Å². The van der Waals surface area contributed by atoms with E-state index in [0.717, 1.165) is 20.5 Å². The smallest absolute Gasteiger partial charge is 0.258 e. The summed E-state index contributed by atoms with van der Waals surface area (Å²) in [6, 6.07) is 11.6. The van der Waals surface area contributed by atoms with Crippen LogP contribution in [0.3, 0.4) is 0 Å². The molecular formula is C14H8BrN3OS. The molecule has 6 heteroatoms. The number of hydrogen-bond donors (Lipinski definition) is 0. The summed E-state index contributed by atoms with van der Waals surface area (Å²) in [5, 5.41) is 14.8. The molecule has 2 heterocycles. The fourth-order valence-electron chi connectivity index (χ4n) is 1.83. The van der Waals surface area contributed by atoms with Crippen molar-refractivity contribution in [3.05, 3.63) is 45.7 Å². The Balaban J connectivity index is 2.00. The van der Waals surface area contributed by atoms with Gasteiger partial charge in [-0.25, -0.2) is 0 Å². The molecule has 98 valence electrons. The molecule has 4 nitrogen and oxygen atoms in total. The standard InChI is InChI=1S/C14H8BrN3OS/c15-10-7-12(20-8-10)13-17-14(19-18-13)11-4-2-1-3-9(11)5-6-16/h1-4,7-8H,5H2. The topological polar surface area (TPSA) is 62.7 Å². The fraction of sp³-hybridized carbons (Fsp3) is 0.0714. The van der Waals surface area contributed by atoms with Gasteiger partial charge in [-0.05, 0) is 33.6 Å². The van der Waals surface area contributed by atoms with Gasteiger partial charge in [-0.3, -0.25) is 0 Å². The zero-order chi connectivity index (χ0) is 13.9. The lowest BCUT2D eigenvalue weighted by molar-refractivity contribution is 0.432. The summed E-state index contributed by atoms with van der Waals surface area (Å²) in [6.07, 6.45) is 0.318. The Kier molecular flexibility index (Phi) is 3.63. The van der Waals surface area contributed by atoms with E-state index in [1.165, 1.54) is 0 Å². The van der Waals surface area contributed by atoms with Gasteiger partial charge in [0.25, 0.3) is 5.89 Å². The number of halogens is 1. The zero-order valence-electron chi connectivity index (χ0n) is 10.2. The van der Waals surface area contributed by atoms with Crippen LogP contribution in [0.25, 0.3) is 22.2 Å². The Labute approximate surface area is 127 Å². The van der Waals surface area contributed by atoms with Gasteiger partial charge in [-0.15, -0.1) is 11.3 Å². The van der Waals surface area contributed by atoms with Crippen molar-refractivity contribution in [2.24, 2.45) is 0 Å². The maximum atomic E-state index is 8.86. The molecule has 0 spiro atoms. The van der Waals surface area contributed by atoms with E-state index in [1.807, 2.05) is 35.7 Å². The normalized spacial score (nSPS) is 10.4. The molecule has 0 saturated carbocycles. The summed E-state index contributed by atoms with van der Waals surface area (Å²) in [7, 11) is 0. The highest BCUT2D eigenvalue weighted by atomic mass is 79.9. The summed E-state index contributed by atoms with van der Waals surface area (Å²) in [4.78, 5) is 5.34. The van der Waals surface area contributed by atoms with Crippen LogP contribution in [0, 0.1) is 11.3 Å². The molecule has 2 aromatic heterocycles. The summed E-state index contributed by atoms with van der Waals surface area (Å²) in [5.41, 5.74) is 1.70. The molecule has 3 rings (SSSR count). The molecule has 0 bridgehead atoms. The predicted octanol–water partition coefficient (Wildman–Crippen LogP) is 4.29. The van der Waals surface area contributed by atoms with Crippen molar-refractivity contribution in [2.75, 3.05) is 0 Å². The first kappa shape index (κ1) is 13.0. The second kappa shape index (κ2) is 5.57. The van der Waals surface area contributed by atoms with Crippen LogP contribution in [0.15, 0.2) is 44.7 Å². The summed E-state index contributed by atoms with van der Waals surface area (Å²) in [6.45, 7) is 0. The van der Waals surface area contributed by atoms with Crippen LogP contribution in [0.1, 0.15) is 5.56 Å². The molecule has 20 heavy (non-hydrogen) atoms. The maximum Gasteiger partial charge on any atom is 0.258 e. The molecule has 0 aliphatic carbocycles. The number of hydrogen-bond acceptors (Lipinski definition) is 5. The first-order valence-electron chi connectivity index (χ1n) is 5.81. The Morgan fingerprint density at radius 1 is 1.35 bits per heavy atom. The second-order valence-electron chi connectivity index (χ2n) is 4.04. The Morgan fingerprint density at radius 2 is 2.20 bits per heavy atom. The number of thiophene rings is 1. The van der Waals surface area contributed by atoms with E-state index >= 15 is 0 Å². The molecule has 0 aliphatic heterocycles. The van der Waals surface area contributed by atoms with Crippen molar-refractivity contribution in [1.29, 1.82) is 5.26 Å². The van der Waals surface area contributed by atoms with Crippen molar-refractivity contribution in [2.45, 2.75) is 6.42 Å². The molecule has 0 N–H and O–H groups in total. The van der Waals surface area contributed by atoms with E-state index in [9.17, 15) is 0 Å². The van der Waals surface area contributed by atoms with Crippen molar-refractivity contribution >= 4 is 27.3 Å². The summed E-state index contributed by atoms with van der Waals surface area (Å²) < 4.78 is 6.32. The zero-order valence-corrected chi connectivity index (χ0v) is 12.6. The minimum atomic E-state index is 0.318. The fourth-order valence-corrected chi connectivity index (χ4v) is 3.18. The number of nitriles is 1. The van der Waals surface area contributed by atoms with Crippen molar-refractivity contribution in [1.82, 2.24) is 10.1 Å². The lowest BCUT2D eigenvalue weighted by atomic mass is 10.1. The van der Waals surface area contributed by atoms with Crippen LogP contribution in [0.4, 0.5) is 0 Å². The largest absolute Gasteiger partial charge is 0.334 e. The van der Waals surface area contributed by atoms with Crippen LogP contribution < -0.4 is 0 Å². The van der Waals surface area contributed by atoms with Gasteiger partial charge in [0, 0.05) is 15.4 Å². The molecule has 0 radical (unpaired) electrons. The van der Waals surface area contributed by atoms with E-state index in [0.29, 0.717) is 18.1 Å². The minimum Gasteiger partial charge on any atom is -0.334 e. The third-order valence-corrected chi connectivity index (χ3v) is 4.42. The van der Waals surface area contributed by atoms with Gasteiger partial charge in [0.15, 0.2) is 0 Å². The lowest BCUT2D eigenvalue weighted by Gasteiger charge is -2.00. The van der Waals surface area contributed by atoms with Crippen molar-refractivity contribution in [3.8, 4) is 28.2 Å². The van der Waals surface area contributed by atoms with Gasteiger partial charge >= 0.3 is 0 Å². The van der Waals surface area contributed by atoms with E-state index in [2.05, 4.69) is 32.1 Å². The Morgan fingerprint density at radius 3 is 2.95 bits per heavy atom. The van der Waals surface area contributed by atoms with Gasteiger partial charge in [-0.2, -0.15) is 10.2 Å². The van der Waals surface area contributed by atoms with E-state index < -0.39 is 0 Å². The number of rotatable bonds is 3. The maximum absolute atomic E-state index is 8.86. The highest BCUT2D eigenvalue weighted by Gasteiger charge is 2.14. The molecule has 3 aromatic rings. The van der Waals surface area contributed by atoms with Crippen molar-refractivity contribution < 1.29 is 4.52 Å². The Hall–Kier alpha value is -1.97. The highest BCUT2D eigenvalue weighted by Crippen LogP contribution is 2.30. The van der Waals surface area contributed by atoms with E-state index in [1.54, 1.807) is 11.3 Å². The van der Waals surface area contributed by atoms with Gasteiger partial charge < -0.3 is 4.52 Å².